The molecule has 0 amide bonds. The van der Waals surface area contributed by atoms with Gasteiger partial charge in [-0.1, -0.05) is 53.1 Å². The highest BCUT2D eigenvalue weighted by Gasteiger charge is 2.11. The minimum Gasteiger partial charge on any atom is -0.444 e. The Morgan fingerprint density at radius 1 is 1.14 bits per heavy atom. The Morgan fingerprint density at radius 3 is 2.71 bits per heavy atom. The summed E-state index contributed by atoms with van der Waals surface area (Å²) < 4.78 is 11.4. The Bertz CT molecular complexity index is 796. The molecule has 106 valence electrons. The molecule has 0 spiro atoms. The molecule has 0 N–H and O–H groups in total. The van der Waals surface area contributed by atoms with Gasteiger partial charge in [-0.3, -0.25) is 0 Å². The van der Waals surface area contributed by atoms with Crippen molar-refractivity contribution in [2.45, 2.75) is 6.61 Å². The van der Waals surface area contributed by atoms with Crippen molar-refractivity contribution in [2.24, 2.45) is 0 Å². The van der Waals surface area contributed by atoms with Gasteiger partial charge >= 0.3 is 11.8 Å². The molecule has 0 aliphatic heterocycles. The highest BCUT2D eigenvalue weighted by atomic mass is 35.5. The Labute approximate surface area is 125 Å². The first-order chi connectivity index (χ1) is 10.2. The summed E-state index contributed by atoms with van der Waals surface area (Å²) in [5.74, 6) is -0.625. The molecule has 0 bridgehead atoms. The lowest BCUT2D eigenvalue weighted by atomic mass is 10.2. The Hall–Kier alpha value is -2.53. The van der Waals surface area contributed by atoms with E-state index in [9.17, 15) is 4.79 Å². The summed E-state index contributed by atoms with van der Waals surface area (Å²) in [5, 5.41) is 4.50. The normalized spacial score (nSPS) is 10.5. The molecule has 0 unspecified atom stereocenters. The zero-order valence-electron chi connectivity index (χ0n) is 10.9. The third kappa shape index (κ3) is 3.14. The van der Waals surface area contributed by atoms with Crippen LogP contribution < -0.4 is 10.5 Å². The van der Waals surface area contributed by atoms with Crippen LogP contribution in [0.3, 0.4) is 0 Å². The number of rotatable bonds is 4. The molecule has 21 heavy (non-hydrogen) atoms. The molecule has 1 aromatic heterocycles. The molecule has 0 radical (unpaired) electrons. The Balaban J connectivity index is 1.80. The quantitative estimate of drug-likeness (QED) is 0.743. The van der Waals surface area contributed by atoms with Gasteiger partial charge in [0.05, 0.1) is 5.69 Å². The highest BCUT2D eigenvalue weighted by molar-refractivity contribution is 6.30. The summed E-state index contributed by atoms with van der Waals surface area (Å²) >= 11 is 5.89. The third-order valence-electron chi connectivity index (χ3n) is 2.79. The van der Waals surface area contributed by atoms with Crippen LogP contribution in [0.15, 0.2) is 63.8 Å². The lowest BCUT2D eigenvalue weighted by Gasteiger charge is -2.00. The molecular weight excluding hydrogens is 292 g/mol. The lowest BCUT2D eigenvalue weighted by molar-refractivity contribution is 0.215. The van der Waals surface area contributed by atoms with Crippen LogP contribution >= 0.6 is 11.6 Å². The largest absolute Gasteiger partial charge is 0.444 e. The predicted molar refractivity (Wildman–Crippen MR) is 77.9 cm³/mol. The van der Waals surface area contributed by atoms with E-state index in [0.717, 1.165) is 10.2 Å². The van der Waals surface area contributed by atoms with E-state index in [1.54, 1.807) is 24.3 Å². The molecule has 0 saturated carbocycles. The second-order valence-corrected chi connectivity index (χ2v) is 4.74. The van der Waals surface area contributed by atoms with Crippen LogP contribution in [0.5, 0.6) is 6.08 Å². The van der Waals surface area contributed by atoms with Crippen molar-refractivity contribution in [2.75, 3.05) is 0 Å². The maximum absolute atomic E-state index is 11.8. The third-order valence-corrected chi connectivity index (χ3v) is 3.02. The first-order valence-electron chi connectivity index (χ1n) is 6.25. The van der Waals surface area contributed by atoms with Crippen LogP contribution in [0.25, 0.3) is 5.69 Å². The lowest BCUT2D eigenvalue weighted by Crippen LogP contribution is -2.13. The van der Waals surface area contributed by atoms with Gasteiger partial charge in [0.2, 0.25) is 0 Å². The monoisotopic (exact) mass is 302 g/mol. The molecule has 3 aromatic rings. The molecule has 2 aromatic carbocycles. The maximum atomic E-state index is 11.8. The molecule has 0 atom stereocenters. The fourth-order valence-corrected chi connectivity index (χ4v) is 1.99. The van der Waals surface area contributed by atoms with Crippen LogP contribution in [0.4, 0.5) is 0 Å². The summed E-state index contributed by atoms with van der Waals surface area (Å²) in [4.78, 5) is 11.8. The smallest absolute Gasteiger partial charge is 0.444 e. The van der Waals surface area contributed by atoms with Crippen LogP contribution in [0.1, 0.15) is 5.56 Å². The molecule has 3 rings (SSSR count). The number of ether oxygens (including phenoxy) is 1. The minimum atomic E-state index is -0.625. The predicted octanol–water partition coefficient (Wildman–Crippen LogP) is 3.06. The SMILES string of the molecule is O=c1oc(OCc2ccccc2)nn1-c1cccc(Cl)c1. The zero-order chi connectivity index (χ0) is 14.7. The van der Waals surface area contributed by atoms with Crippen molar-refractivity contribution < 1.29 is 9.15 Å². The van der Waals surface area contributed by atoms with Gasteiger partial charge in [0.1, 0.15) is 6.61 Å². The van der Waals surface area contributed by atoms with E-state index in [1.165, 1.54) is 0 Å². The number of hydrogen-bond donors (Lipinski definition) is 0. The van der Waals surface area contributed by atoms with Crippen molar-refractivity contribution in [1.82, 2.24) is 9.78 Å². The van der Waals surface area contributed by atoms with E-state index in [2.05, 4.69) is 5.10 Å². The zero-order valence-corrected chi connectivity index (χ0v) is 11.7. The first-order valence-corrected chi connectivity index (χ1v) is 6.63. The van der Waals surface area contributed by atoms with Crippen LogP contribution in [0.2, 0.25) is 5.02 Å². The standard InChI is InChI=1S/C15H11ClN2O3/c16-12-7-4-8-13(9-12)18-15(19)21-14(17-18)20-10-11-5-2-1-3-6-11/h1-9H,10H2. The number of nitrogens with zero attached hydrogens (tertiary/aromatic N) is 2. The summed E-state index contributed by atoms with van der Waals surface area (Å²) in [6, 6.07) is 16.3. The van der Waals surface area contributed by atoms with E-state index in [-0.39, 0.29) is 12.7 Å². The molecule has 6 heteroatoms. The molecule has 0 saturated heterocycles. The Morgan fingerprint density at radius 2 is 1.95 bits per heavy atom. The maximum Gasteiger partial charge on any atom is 0.444 e. The second-order valence-electron chi connectivity index (χ2n) is 4.30. The van der Waals surface area contributed by atoms with Crippen molar-refractivity contribution in [3.63, 3.8) is 0 Å². The van der Waals surface area contributed by atoms with Gasteiger partial charge in [0.25, 0.3) is 0 Å². The molecule has 5 nitrogen and oxygen atoms in total. The van der Waals surface area contributed by atoms with Crippen LogP contribution in [0, 0.1) is 0 Å². The Kier molecular flexibility index (Phi) is 3.75. The fraction of sp³-hybridized carbons (Fsp3) is 0.0667. The highest BCUT2D eigenvalue weighted by Crippen LogP contribution is 2.14. The van der Waals surface area contributed by atoms with E-state index in [1.807, 2.05) is 30.3 Å². The molecule has 1 heterocycles. The first kappa shape index (κ1) is 13.5. The summed E-state index contributed by atoms with van der Waals surface area (Å²) in [6.07, 6.45) is -0.0798. The van der Waals surface area contributed by atoms with Crippen molar-refractivity contribution in [3.05, 3.63) is 75.7 Å². The van der Waals surface area contributed by atoms with Gasteiger partial charge in [-0.2, -0.15) is 4.68 Å². The van der Waals surface area contributed by atoms with Gasteiger partial charge in [-0.05, 0) is 23.8 Å². The van der Waals surface area contributed by atoms with Crippen molar-refractivity contribution in [1.29, 1.82) is 0 Å². The van der Waals surface area contributed by atoms with Crippen LogP contribution in [-0.4, -0.2) is 9.78 Å². The van der Waals surface area contributed by atoms with Crippen molar-refractivity contribution >= 4 is 11.6 Å². The topological polar surface area (TPSA) is 57.3 Å². The average Bonchev–Trinajstić information content (AvgIpc) is 2.87. The van der Waals surface area contributed by atoms with E-state index >= 15 is 0 Å². The van der Waals surface area contributed by atoms with Gasteiger partial charge in [0.15, 0.2) is 0 Å². The molecule has 0 aliphatic carbocycles. The summed E-state index contributed by atoms with van der Waals surface area (Å²) in [6.45, 7) is 0.274. The molecule has 0 fully saturated rings. The van der Waals surface area contributed by atoms with E-state index in [0.29, 0.717) is 10.7 Å². The van der Waals surface area contributed by atoms with Gasteiger partial charge in [-0.15, -0.1) is 0 Å². The van der Waals surface area contributed by atoms with Crippen molar-refractivity contribution in [3.8, 4) is 11.8 Å². The summed E-state index contributed by atoms with van der Waals surface area (Å²) in [7, 11) is 0. The van der Waals surface area contributed by atoms with Gasteiger partial charge < -0.3 is 9.15 Å². The minimum absolute atomic E-state index is 0.0798. The number of aromatic nitrogens is 2. The number of halogens is 1. The molecular formula is C15H11ClN2O3. The van der Waals surface area contributed by atoms with Crippen LogP contribution in [-0.2, 0) is 6.61 Å². The molecule has 0 aliphatic rings. The summed E-state index contributed by atoms with van der Waals surface area (Å²) in [5.41, 5.74) is 1.48. The van der Waals surface area contributed by atoms with Gasteiger partial charge in [-0.25, -0.2) is 4.79 Å². The van der Waals surface area contributed by atoms with Gasteiger partial charge in [0, 0.05) is 5.02 Å². The average molecular weight is 303 g/mol. The number of hydrogen-bond acceptors (Lipinski definition) is 4. The second kappa shape index (κ2) is 5.85. The van der Waals surface area contributed by atoms with E-state index in [4.69, 9.17) is 20.8 Å². The fourth-order valence-electron chi connectivity index (χ4n) is 1.81. The van der Waals surface area contributed by atoms with E-state index < -0.39 is 5.76 Å². The number of benzene rings is 2.